The molecule has 0 spiro atoms. The molecule has 2 atom stereocenters. The van der Waals surface area contributed by atoms with Gasteiger partial charge < -0.3 is 0 Å². The number of benzene rings is 4. The van der Waals surface area contributed by atoms with Crippen molar-refractivity contribution in [3.05, 3.63) is 143 Å². The molecule has 1 aliphatic heterocycles. The Labute approximate surface area is 241 Å². The predicted octanol–water partition coefficient (Wildman–Crippen LogP) is 5.20. The van der Waals surface area contributed by atoms with Crippen LogP contribution in [0, 0.1) is 11.8 Å². The van der Waals surface area contributed by atoms with E-state index in [4.69, 9.17) is 0 Å². The monoisotopic (exact) mass is 548 g/mol. The van der Waals surface area contributed by atoms with Crippen molar-refractivity contribution in [3.63, 3.8) is 0 Å². The minimum absolute atomic E-state index is 0.214. The molecule has 202 valence electrons. The van der Waals surface area contributed by atoms with E-state index in [2.05, 4.69) is 15.5 Å². The third-order valence-electron chi connectivity index (χ3n) is 9.07. The second kappa shape index (κ2) is 9.04. The number of imide groups is 1. The molecule has 3 aliphatic carbocycles. The molecule has 42 heavy (non-hydrogen) atoms. The second-order valence-corrected chi connectivity index (χ2v) is 11.0. The summed E-state index contributed by atoms with van der Waals surface area (Å²) in [6, 6.07) is 32.7. The van der Waals surface area contributed by atoms with E-state index >= 15 is 0 Å². The van der Waals surface area contributed by atoms with E-state index < -0.39 is 17.3 Å². The maximum atomic E-state index is 14.7. The molecule has 1 fully saturated rings. The highest BCUT2D eigenvalue weighted by Crippen LogP contribution is 2.63. The van der Waals surface area contributed by atoms with Crippen LogP contribution in [0.3, 0.4) is 0 Å². The highest BCUT2D eigenvalue weighted by Gasteiger charge is 2.68. The number of anilines is 1. The van der Waals surface area contributed by atoms with E-state index in [9.17, 15) is 14.4 Å². The lowest BCUT2D eigenvalue weighted by molar-refractivity contribution is -0.122. The Morgan fingerprint density at radius 1 is 0.786 bits per heavy atom. The Bertz CT molecular complexity index is 1920. The van der Waals surface area contributed by atoms with Crippen LogP contribution in [0.25, 0.3) is 10.8 Å². The van der Waals surface area contributed by atoms with Gasteiger partial charge in [-0.25, -0.2) is 10.3 Å². The van der Waals surface area contributed by atoms with Crippen LogP contribution < -0.4 is 10.3 Å². The SMILES string of the molecule is O=C(N/N=C\C12c3ccccc3C(c3ccccc31)[C@@H]1C(=O)N(c3cccc4ccccc34)C(=O)[C@H]12)c1ccncc1. The molecule has 9 rings (SSSR count). The predicted molar refractivity (Wildman–Crippen MR) is 159 cm³/mol. The van der Waals surface area contributed by atoms with Crippen molar-refractivity contribution in [3.8, 4) is 0 Å². The number of aromatic nitrogens is 1. The van der Waals surface area contributed by atoms with Crippen LogP contribution in [-0.4, -0.2) is 28.9 Å². The van der Waals surface area contributed by atoms with Crippen LogP contribution >= 0.6 is 0 Å². The van der Waals surface area contributed by atoms with Crippen LogP contribution in [0.15, 0.2) is 121 Å². The minimum Gasteiger partial charge on any atom is -0.274 e. The Morgan fingerprint density at radius 2 is 1.43 bits per heavy atom. The van der Waals surface area contributed by atoms with Gasteiger partial charge in [-0.15, -0.1) is 0 Å². The van der Waals surface area contributed by atoms with Crippen molar-refractivity contribution in [2.24, 2.45) is 16.9 Å². The van der Waals surface area contributed by atoms with Crippen molar-refractivity contribution in [1.29, 1.82) is 0 Å². The number of nitrogens with zero attached hydrogens (tertiary/aromatic N) is 3. The number of carbonyl (C=O) groups excluding carboxylic acids is 3. The summed E-state index contributed by atoms with van der Waals surface area (Å²) >= 11 is 0. The first-order valence-corrected chi connectivity index (χ1v) is 13.9. The average Bonchev–Trinajstić information content (AvgIpc) is 3.31. The minimum atomic E-state index is -1.07. The zero-order chi connectivity index (χ0) is 28.4. The molecule has 3 amide bonds. The van der Waals surface area contributed by atoms with Crippen molar-refractivity contribution in [1.82, 2.24) is 10.4 Å². The molecular weight excluding hydrogens is 524 g/mol. The first-order valence-electron chi connectivity index (χ1n) is 13.9. The maximum Gasteiger partial charge on any atom is 0.271 e. The summed E-state index contributed by atoms with van der Waals surface area (Å²) in [4.78, 5) is 47.4. The number of hydrazone groups is 1. The molecule has 2 heterocycles. The molecule has 7 nitrogen and oxygen atoms in total. The van der Waals surface area contributed by atoms with E-state index in [1.54, 1.807) is 30.7 Å². The summed E-state index contributed by atoms with van der Waals surface area (Å²) in [5.41, 5.74) is 6.45. The van der Waals surface area contributed by atoms with E-state index in [1.165, 1.54) is 4.90 Å². The highest BCUT2D eigenvalue weighted by atomic mass is 16.2. The third kappa shape index (κ3) is 3.19. The molecule has 1 saturated heterocycles. The zero-order valence-corrected chi connectivity index (χ0v) is 22.3. The van der Waals surface area contributed by atoms with E-state index in [1.807, 2.05) is 91.0 Å². The zero-order valence-electron chi connectivity index (χ0n) is 22.3. The van der Waals surface area contributed by atoms with Gasteiger partial charge in [-0.3, -0.25) is 19.4 Å². The van der Waals surface area contributed by atoms with E-state index in [-0.39, 0.29) is 23.6 Å². The fourth-order valence-corrected chi connectivity index (χ4v) is 7.45. The van der Waals surface area contributed by atoms with Gasteiger partial charge in [0.1, 0.15) is 0 Å². The quantitative estimate of drug-likeness (QED) is 0.190. The molecule has 4 aromatic carbocycles. The largest absolute Gasteiger partial charge is 0.274 e. The summed E-state index contributed by atoms with van der Waals surface area (Å²) in [6.07, 6.45) is 4.76. The van der Waals surface area contributed by atoms with E-state index in [0.29, 0.717) is 11.3 Å². The van der Waals surface area contributed by atoms with Crippen molar-refractivity contribution < 1.29 is 14.4 Å². The first kappa shape index (κ1) is 24.4. The fourth-order valence-electron chi connectivity index (χ4n) is 7.45. The molecule has 0 saturated carbocycles. The molecule has 5 aromatic rings. The first-order chi connectivity index (χ1) is 20.6. The number of fused-ring (bicyclic) bond motifs is 1. The Balaban J connectivity index is 1.33. The number of amides is 3. The average molecular weight is 549 g/mol. The second-order valence-electron chi connectivity index (χ2n) is 11.0. The van der Waals surface area contributed by atoms with Crippen LogP contribution in [0.2, 0.25) is 0 Å². The standard InChI is InChI=1S/C35H24N4O3/c40-32(22-16-18-36-19-17-22)38-37-20-35-26-13-5-3-11-24(26)29(25-12-4-6-14-27(25)35)30-31(35)34(42)39(33(30)41)28-15-7-9-21-8-1-2-10-23(21)28/h1-20,29-31H,(H,38,40)/b37-20-/t29?,30-,31-,35?/m0/s1. The summed E-state index contributed by atoms with van der Waals surface area (Å²) in [5.74, 6) is -2.50. The number of carbonyl (C=O) groups is 3. The summed E-state index contributed by atoms with van der Waals surface area (Å²) in [6.45, 7) is 0. The molecule has 2 bridgehead atoms. The van der Waals surface area contributed by atoms with Crippen LogP contribution in [0.4, 0.5) is 5.69 Å². The third-order valence-corrected chi connectivity index (χ3v) is 9.07. The molecule has 0 unspecified atom stereocenters. The van der Waals surface area contributed by atoms with Gasteiger partial charge in [0.2, 0.25) is 11.8 Å². The number of hydrogen-bond donors (Lipinski definition) is 1. The Kier molecular flexibility index (Phi) is 5.25. The lowest BCUT2D eigenvalue weighted by atomic mass is 9.47. The highest BCUT2D eigenvalue weighted by molar-refractivity contribution is 6.27. The number of hydrogen-bond acceptors (Lipinski definition) is 5. The van der Waals surface area contributed by atoms with Gasteiger partial charge in [-0.05, 0) is 45.8 Å². The van der Waals surface area contributed by atoms with Crippen molar-refractivity contribution in [2.75, 3.05) is 4.90 Å². The van der Waals surface area contributed by atoms with Crippen molar-refractivity contribution in [2.45, 2.75) is 11.3 Å². The lowest BCUT2D eigenvalue weighted by Crippen LogP contribution is -2.54. The van der Waals surface area contributed by atoms with Gasteiger partial charge in [-0.1, -0.05) is 84.9 Å². The topological polar surface area (TPSA) is 91.7 Å². The summed E-state index contributed by atoms with van der Waals surface area (Å²) < 4.78 is 0. The molecule has 4 aliphatic rings. The molecular formula is C35H24N4O3. The number of nitrogens with one attached hydrogen (secondary N) is 1. The number of pyridine rings is 1. The van der Waals surface area contributed by atoms with Gasteiger partial charge in [0.25, 0.3) is 5.91 Å². The Hall–Kier alpha value is -5.43. The van der Waals surface area contributed by atoms with Crippen LogP contribution in [0.1, 0.15) is 38.5 Å². The number of rotatable bonds is 4. The normalized spacial score (nSPS) is 23.6. The maximum absolute atomic E-state index is 14.7. The lowest BCUT2D eigenvalue weighted by Gasteiger charge is -2.52. The fraction of sp³-hybridized carbons (Fsp3) is 0.114. The van der Waals surface area contributed by atoms with Crippen LogP contribution in [0.5, 0.6) is 0 Å². The van der Waals surface area contributed by atoms with Gasteiger partial charge in [-0.2, -0.15) is 5.10 Å². The van der Waals surface area contributed by atoms with E-state index in [0.717, 1.165) is 33.0 Å². The van der Waals surface area contributed by atoms with Gasteiger partial charge in [0.15, 0.2) is 0 Å². The molecule has 0 radical (unpaired) electrons. The molecule has 1 N–H and O–H groups in total. The van der Waals surface area contributed by atoms with Gasteiger partial charge in [0.05, 0.1) is 22.9 Å². The van der Waals surface area contributed by atoms with Gasteiger partial charge >= 0.3 is 0 Å². The molecule has 7 heteroatoms. The molecule has 1 aromatic heterocycles. The Morgan fingerprint density at radius 3 is 2.17 bits per heavy atom. The summed E-state index contributed by atoms with van der Waals surface area (Å²) in [5, 5.41) is 6.27. The van der Waals surface area contributed by atoms with Crippen LogP contribution in [-0.2, 0) is 15.0 Å². The van der Waals surface area contributed by atoms with Gasteiger partial charge in [0, 0.05) is 35.5 Å². The summed E-state index contributed by atoms with van der Waals surface area (Å²) in [7, 11) is 0. The smallest absolute Gasteiger partial charge is 0.271 e. The van der Waals surface area contributed by atoms with Crippen molar-refractivity contribution >= 4 is 40.4 Å².